The fourth-order valence-corrected chi connectivity index (χ4v) is 3.55. The molecule has 0 aliphatic rings. The van der Waals surface area contributed by atoms with Gasteiger partial charge in [-0.15, -0.1) is 11.3 Å². The van der Waals surface area contributed by atoms with Crippen LogP contribution in [-0.2, 0) is 13.0 Å². The average Bonchev–Trinajstić information content (AvgIpc) is 3.22. The number of benzene rings is 1. The van der Waals surface area contributed by atoms with Gasteiger partial charge in [0.2, 0.25) is 0 Å². The molecule has 130 valence electrons. The summed E-state index contributed by atoms with van der Waals surface area (Å²) in [5.41, 5.74) is 4.68. The van der Waals surface area contributed by atoms with E-state index < -0.39 is 12.5 Å². The summed E-state index contributed by atoms with van der Waals surface area (Å²) in [7, 11) is 0. The van der Waals surface area contributed by atoms with Gasteiger partial charge < -0.3 is 4.57 Å². The molecule has 0 fully saturated rings. The standard InChI is InChI=1S/C18H13F2N5S/c1-18(19,20)9-25-16(6-12-8-26-10-23-12)24-15-7-22-14-4-3-11(21-2)5-13(14)17(15)25/h3-5,7-8,10H,6,9H2,1H3. The monoisotopic (exact) mass is 369 g/mol. The minimum atomic E-state index is -2.91. The summed E-state index contributed by atoms with van der Waals surface area (Å²) in [4.78, 5) is 16.6. The first-order chi connectivity index (χ1) is 12.4. The lowest BCUT2D eigenvalue weighted by atomic mass is 10.1. The summed E-state index contributed by atoms with van der Waals surface area (Å²) in [6.07, 6.45) is 1.95. The van der Waals surface area contributed by atoms with Gasteiger partial charge in [0.05, 0.1) is 41.6 Å². The fourth-order valence-electron chi connectivity index (χ4n) is 2.99. The van der Waals surface area contributed by atoms with E-state index in [-0.39, 0.29) is 0 Å². The Morgan fingerprint density at radius 3 is 2.81 bits per heavy atom. The van der Waals surface area contributed by atoms with Crippen LogP contribution in [0.1, 0.15) is 18.4 Å². The Morgan fingerprint density at radius 1 is 1.27 bits per heavy atom. The van der Waals surface area contributed by atoms with Crippen molar-refractivity contribution in [2.75, 3.05) is 0 Å². The molecular formula is C18H13F2N5S. The number of fused-ring (bicyclic) bond motifs is 3. The molecule has 26 heavy (non-hydrogen) atoms. The molecule has 8 heteroatoms. The van der Waals surface area contributed by atoms with Crippen LogP contribution in [0.15, 0.2) is 35.3 Å². The van der Waals surface area contributed by atoms with E-state index in [0.29, 0.717) is 39.9 Å². The molecule has 0 aliphatic heterocycles. The second-order valence-corrected chi connectivity index (χ2v) is 6.86. The molecule has 4 rings (SSSR count). The first-order valence-electron chi connectivity index (χ1n) is 7.85. The van der Waals surface area contributed by atoms with Crippen molar-refractivity contribution in [3.8, 4) is 0 Å². The second kappa shape index (κ2) is 6.11. The van der Waals surface area contributed by atoms with Crippen molar-refractivity contribution < 1.29 is 8.78 Å². The quantitative estimate of drug-likeness (QED) is 0.484. The SMILES string of the molecule is [C-]#[N+]c1ccc2ncc3nc(Cc4cscn4)n(CC(C)(F)F)c3c2c1. The number of rotatable bonds is 4. The van der Waals surface area contributed by atoms with E-state index in [9.17, 15) is 8.78 Å². The highest BCUT2D eigenvalue weighted by Crippen LogP contribution is 2.30. The van der Waals surface area contributed by atoms with Gasteiger partial charge in [-0.3, -0.25) is 4.98 Å². The lowest BCUT2D eigenvalue weighted by molar-refractivity contribution is 0.00434. The Balaban J connectivity index is 2.00. The number of hydrogen-bond donors (Lipinski definition) is 0. The number of alkyl halides is 2. The highest BCUT2D eigenvalue weighted by Gasteiger charge is 2.26. The Morgan fingerprint density at radius 2 is 2.12 bits per heavy atom. The number of hydrogen-bond acceptors (Lipinski definition) is 4. The van der Waals surface area contributed by atoms with Gasteiger partial charge in [-0.25, -0.2) is 23.6 Å². The molecule has 1 aromatic carbocycles. The predicted octanol–water partition coefficient (Wildman–Crippen LogP) is 4.84. The van der Waals surface area contributed by atoms with E-state index in [1.54, 1.807) is 29.9 Å². The number of pyridine rings is 1. The second-order valence-electron chi connectivity index (χ2n) is 6.15. The van der Waals surface area contributed by atoms with Crippen LogP contribution in [0.5, 0.6) is 0 Å². The van der Waals surface area contributed by atoms with E-state index >= 15 is 0 Å². The summed E-state index contributed by atoms with van der Waals surface area (Å²) in [6.45, 7) is 7.61. The van der Waals surface area contributed by atoms with E-state index in [1.165, 1.54) is 15.9 Å². The van der Waals surface area contributed by atoms with Crippen LogP contribution in [-0.4, -0.2) is 25.4 Å². The third-order valence-corrected chi connectivity index (χ3v) is 4.66. The molecule has 0 aliphatic carbocycles. The molecule has 0 unspecified atom stereocenters. The molecular weight excluding hydrogens is 356 g/mol. The van der Waals surface area contributed by atoms with Crippen molar-refractivity contribution in [1.29, 1.82) is 0 Å². The smallest absolute Gasteiger partial charge is 0.262 e. The van der Waals surface area contributed by atoms with Crippen LogP contribution in [0, 0.1) is 6.57 Å². The van der Waals surface area contributed by atoms with Crippen molar-refractivity contribution >= 4 is 39.0 Å². The maximum absolute atomic E-state index is 13.9. The van der Waals surface area contributed by atoms with Crippen molar-refractivity contribution in [1.82, 2.24) is 19.5 Å². The first-order valence-corrected chi connectivity index (χ1v) is 8.79. The number of nitrogens with zero attached hydrogens (tertiary/aromatic N) is 5. The summed E-state index contributed by atoms with van der Waals surface area (Å²) in [5, 5.41) is 2.53. The predicted molar refractivity (Wildman–Crippen MR) is 96.8 cm³/mol. The van der Waals surface area contributed by atoms with E-state index in [4.69, 9.17) is 6.57 Å². The average molecular weight is 369 g/mol. The highest BCUT2D eigenvalue weighted by molar-refractivity contribution is 7.07. The fraction of sp³-hybridized carbons (Fsp3) is 0.222. The summed E-state index contributed by atoms with van der Waals surface area (Å²) in [6, 6.07) is 5.07. The summed E-state index contributed by atoms with van der Waals surface area (Å²) >= 11 is 1.45. The molecule has 3 aromatic heterocycles. The molecule has 5 nitrogen and oxygen atoms in total. The van der Waals surface area contributed by atoms with Crippen molar-refractivity contribution in [3.63, 3.8) is 0 Å². The molecule has 0 spiro atoms. The number of imidazole rings is 1. The highest BCUT2D eigenvalue weighted by atomic mass is 32.1. The Hall–Kier alpha value is -2.92. The third kappa shape index (κ3) is 3.02. The third-order valence-electron chi connectivity index (χ3n) is 4.02. The molecule has 0 saturated carbocycles. The van der Waals surface area contributed by atoms with E-state index in [1.807, 2.05) is 5.38 Å². The van der Waals surface area contributed by atoms with Crippen LogP contribution in [0.25, 0.3) is 26.8 Å². The van der Waals surface area contributed by atoms with E-state index in [2.05, 4.69) is 19.8 Å². The molecule has 0 N–H and O–H groups in total. The topological polar surface area (TPSA) is 48.0 Å². The van der Waals surface area contributed by atoms with Gasteiger partial charge in [0, 0.05) is 24.1 Å². The zero-order valence-corrected chi connectivity index (χ0v) is 14.6. The molecule has 4 aromatic rings. The van der Waals surface area contributed by atoms with Gasteiger partial charge in [-0.05, 0) is 12.1 Å². The van der Waals surface area contributed by atoms with Gasteiger partial charge in [0.1, 0.15) is 11.3 Å². The Bertz CT molecular complexity index is 1140. The molecule has 0 bridgehead atoms. The molecule has 0 radical (unpaired) electrons. The first kappa shape index (κ1) is 16.5. The maximum atomic E-state index is 13.9. The molecule has 3 heterocycles. The lowest BCUT2D eigenvalue weighted by Gasteiger charge is -2.15. The Labute approximate surface area is 151 Å². The zero-order chi connectivity index (χ0) is 18.3. The minimum Gasteiger partial charge on any atom is -0.321 e. The Kier molecular flexibility index (Phi) is 3.89. The van der Waals surface area contributed by atoms with Gasteiger partial charge >= 0.3 is 0 Å². The van der Waals surface area contributed by atoms with Crippen LogP contribution in [0.2, 0.25) is 0 Å². The van der Waals surface area contributed by atoms with Gasteiger partial charge in [-0.1, -0.05) is 6.07 Å². The van der Waals surface area contributed by atoms with Crippen LogP contribution in [0.3, 0.4) is 0 Å². The molecule has 0 amide bonds. The van der Waals surface area contributed by atoms with Gasteiger partial charge in [0.25, 0.3) is 5.92 Å². The zero-order valence-electron chi connectivity index (χ0n) is 13.8. The summed E-state index contributed by atoms with van der Waals surface area (Å²) < 4.78 is 29.3. The van der Waals surface area contributed by atoms with Crippen LogP contribution >= 0.6 is 11.3 Å². The number of thiazole rings is 1. The van der Waals surface area contributed by atoms with Gasteiger partial charge in [0.15, 0.2) is 5.69 Å². The largest absolute Gasteiger partial charge is 0.321 e. The minimum absolute atomic E-state index is 0.359. The summed E-state index contributed by atoms with van der Waals surface area (Å²) in [5.74, 6) is -2.40. The lowest BCUT2D eigenvalue weighted by Crippen LogP contribution is -2.21. The van der Waals surface area contributed by atoms with Crippen molar-refractivity contribution in [2.24, 2.45) is 0 Å². The van der Waals surface area contributed by atoms with Crippen molar-refractivity contribution in [2.45, 2.75) is 25.8 Å². The number of aromatic nitrogens is 4. The molecule has 0 saturated heterocycles. The molecule has 0 atom stereocenters. The van der Waals surface area contributed by atoms with Gasteiger partial charge in [-0.2, -0.15) is 0 Å². The normalized spacial score (nSPS) is 11.9. The van der Waals surface area contributed by atoms with E-state index in [0.717, 1.165) is 12.6 Å². The van der Waals surface area contributed by atoms with Crippen molar-refractivity contribution in [3.05, 3.63) is 58.2 Å². The van der Waals surface area contributed by atoms with Crippen LogP contribution < -0.4 is 0 Å². The number of halogens is 2. The maximum Gasteiger partial charge on any atom is 0.262 e. The van der Waals surface area contributed by atoms with Crippen LogP contribution in [0.4, 0.5) is 14.5 Å².